The minimum Gasteiger partial charge on any atom is -0.260 e. The lowest BCUT2D eigenvalue weighted by molar-refractivity contribution is 0.676. The molecule has 4 heteroatoms. The van der Waals surface area contributed by atoms with Gasteiger partial charge in [-0.25, -0.2) is 0 Å². The molecule has 0 aromatic carbocycles. The minimum atomic E-state index is -0.737. The fourth-order valence-electron chi connectivity index (χ4n) is 0.845. The second-order valence-electron chi connectivity index (χ2n) is 2.70. The molecule has 0 aliphatic rings. The lowest BCUT2D eigenvalue weighted by atomic mass is 10.6. The van der Waals surface area contributed by atoms with E-state index >= 15 is 0 Å². The summed E-state index contributed by atoms with van der Waals surface area (Å²) in [7, 11) is -1.47. The van der Waals surface area contributed by atoms with Crippen molar-refractivity contribution in [2.75, 3.05) is 23.0 Å². The Balaban J connectivity index is 3.40. The molecule has 0 aliphatic heterocycles. The van der Waals surface area contributed by atoms with Crippen LogP contribution in [0.15, 0.2) is 0 Å². The Bertz CT molecular complexity index is 139. The average Bonchev–Trinajstić information content (AvgIpc) is 2.02. The van der Waals surface area contributed by atoms with Crippen LogP contribution in [0.2, 0.25) is 0 Å². The first-order valence-corrected chi connectivity index (χ1v) is 7.38. The highest BCUT2D eigenvalue weighted by atomic mass is 32.2. The van der Waals surface area contributed by atoms with Crippen LogP contribution in [0.3, 0.4) is 0 Å². The van der Waals surface area contributed by atoms with Crippen LogP contribution in [0.5, 0.6) is 0 Å². The molecule has 0 rings (SSSR count). The van der Waals surface area contributed by atoms with Gasteiger partial charge in [-0.1, -0.05) is 13.8 Å². The number of hydrogen-bond donors (Lipinski definition) is 0. The zero-order valence-corrected chi connectivity index (χ0v) is 9.51. The SMILES string of the molecule is CCC[S@@](=O)CC[S@@](=O)CCC. The highest BCUT2D eigenvalue weighted by Crippen LogP contribution is 1.91. The molecule has 0 aromatic heterocycles. The van der Waals surface area contributed by atoms with Crippen molar-refractivity contribution >= 4 is 21.6 Å². The van der Waals surface area contributed by atoms with Gasteiger partial charge in [-0.05, 0) is 12.8 Å². The molecule has 2 nitrogen and oxygen atoms in total. The zero-order chi connectivity index (χ0) is 9.40. The summed E-state index contributed by atoms with van der Waals surface area (Å²) in [5.41, 5.74) is 0. The Labute approximate surface area is 80.0 Å². The molecule has 12 heavy (non-hydrogen) atoms. The van der Waals surface area contributed by atoms with E-state index in [0.29, 0.717) is 11.5 Å². The molecule has 0 saturated carbocycles. The highest BCUT2D eigenvalue weighted by molar-refractivity contribution is 7.88. The topological polar surface area (TPSA) is 34.1 Å². The fourth-order valence-corrected chi connectivity index (χ4v) is 3.65. The molecule has 0 bridgehead atoms. The summed E-state index contributed by atoms with van der Waals surface area (Å²) in [6.45, 7) is 4.03. The van der Waals surface area contributed by atoms with Crippen molar-refractivity contribution in [2.45, 2.75) is 26.7 Å². The zero-order valence-electron chi connectivity index (χ0n) is 7.88. The molecule has 0 heterocycles. The van der Waals surface area contributed by atoms with E-state index in [-0.39, 0.29) is 0 Å². The molecular formula is C8H18O2S2. The molecule has 74 valence electrons. The van der Waals surface area contributed by atoms with Crippen molar-refractivity contribution in [3.63, 3.8) is 0 Å². The molecule has 0 unspecified atom stereocenters. The molecule has 0 fully saturated rings. The number of hydrogen-bond acceptors (Lipinski definition) is 2. The first-order chi connectivity index (χ1) is 5.70. The van der Waals surface area contributed by atoms with Crippen LogP contribution < -0.4 is 0 Å². The van der Waals surface area contributed by atoms with E-state index in [0.717, 1.165) is 24.3 Å². The van der Waals surface area contributed by atoms with Crippen molar-refractivity contribution in [1.29, 1.82) is 0 Å². The van der Waals surface area contributed by atoms with Crippen LogP contribution in [0, 0.1) is 0 Å². The fraction of sp³-hybridized carbons (Fsp3) is 1.00. The first kappa shape index (κ1) is 12.3. The van der Waals surface area contributed by atoms with E-state index in [9.17, 15) is 8.42 Å². The van der Waals surface area contributed by atoms with E-state index < -0.39 is 21.6 Å². The summed E-state index contributed by atoms with van der Waals surface area (Å²) < 4.78 is 22.3. The normalized spacial score (nSPS) is 15.8. The van der Waals surface area contributed by atoms with Gasteiger partial charge in [0.15, 0.2) is 0 Å². The molecule has 0 radical (unpaired) electrons. The summed E-state index contributed by atoms with van der Waals surface area (Å²) in [6.07, 6.45) is 1.90. The third-order valence-corrected chi connectivity index (χ3v) is 4.71. The summed E-state index contributed by atoms with van der Waals surface area (Å²) in [5, 5.41) is 0. The molecule has 0 amide bonds. The smallest absolute Gasteiger partial charge is 0.0350 e. The van der Waals surface area contributed by atoms with Gasteiger partial charge in [-0.3, -0.25) is 8.42 Å². The average molecular weight is 210 g/mol. The maximum absolute atomic E-state index is 11.1. The van der Waals surface area contributed by atoms with Gasteiger partial charge in [0.2, 0.25) is 0 Å². The van der Waals surface area contributed by atoms with Crippen LogP contribution in [0.25, 0.3) is 0 Å². The molecule has 2 atom stereocenters. The lowest BCUT2D eigenvalue weighted by Crippen LogP contribution is -2.11. The van der Waals surface area contributed by atoms with Crippen molar-refractivity contribution < 1.29 is 8.42 Å². The van der Waals surface area contributed by atoms with Gasteiger partial charge >= 0.3 is 0 Å². The highest BCUT2D eigenvalue weighted by Gasteiger charge is 2.02. The minimum absolute atomic E-state index is 0.612. The van der Waals surface area contributed by atoms with Gasteiger partial charge < -0.3 is 0 Å². The van der Waals surface area contributed by atoms with Gasteiger partial charge in [0.25, 0.3) is 0 Å². The predicted octanol–water partition coefficient (Wildman–Crippen LogP) is 1.30. The molecule has 0 N–H and O–H groups in total. The number of rotatable bonds is 7. The Morgan fingerprint density at radius 2 is 1.08 bits per heavy atom. The van der Waals surface area contributed by atoms with E-state index in [1.54, 1.807) is 0 Å². The van der Waals surface area contributed by atoms with Gasteiger partial charge in [-0.2, -0.15) is 0 Å². The van der Waals surface area contributed by atoms with E-state index in [2.05, 4.69) is 0 Å². The first-order valence-electron chi connectivity index (χ1n) is 4.40. The maximum Gasteiger partial charge on any atom is 0.0350 e. The summed E-state index contributed by atoms with van der Waals surface area (Å²) in [6, 6.07) is 0. The molecule has 0 aliphatic carbocycles. The summed E-state index contributed by atoms with van der Waals surface area (Å²) in [4.78, 5) is 0. The van der Waals surface area contributed by atoms with Crippen LogP contribution in [-0.4, -0.2) is 31.4 Å². The third kappa shape index (κ3) is 6.98. The van der Waals surface area contributed by atoms with Crippen LogP contribution >= 0.6 is 0 Å². The van der Waals surface area contributed by atoms with Gasteiger partial charge in [0.1, 0.15) is 0 Å². The van der Waals surface area contributed by atoms with Crippen molar-refractivity contribution in [3.8, 4) is 0 Å². The molecule has 0 saturated heterocycles. The molecule has 0 spiro atoms. The summed E-state index contributed by atoms with van der Waals surface area (Å²) in [5.74, 6) is 2.73. The summed E-state index contributed by atoms with van der Waals surface area (Å²) >= 11 is 0. The Hall–Kier alpha value is 0.300. The largest absolute Gasteiger partial charge is 0.260 e. The lowest BCUT2D eigenvalue weighted by Gasteiger charge is -1.99. The molecular weight excluding hydrogens is 192 g/mol. The Morgan fingerprint density at radius 1 is 0.750 bits per heavy atom. The van der Waals surface area contributed by atoms with Crippen molar-refractivity contribution in [2.24, 2.45) is 0 Å². The van der Waals surface area contributed by atoms with Crippen LogP contribution in [0.4, 0.5) is 0 Å². The standard InChI is InChI=1S/C8H18O2S2/c1-3-5-11(9)7-8-12(10)6-4-2/h3-8H2,1-2H3/t11-,12+. The van der Waals surface area contributed by atoms with E-state index in [1.807, 2.05) is 13.8 Å². The van der Waals surface area contributed by atoms with E-state index in [1.165, 1.54) is 0 Å². The maximum atomic E-state index is 11.1. The van der Waals surface area contributed by atoms with Gasteiger partial charge in [0.05, 0.1) is 0 Å². The quantitative estimate of drug-likeness (QED) is 0.635. The second kappa shape index (κ2) is 7.92. The third-order valence-electron chi connectivity index (χ3n) is 1.40. The Kier molecular flexibility index (Phi) is 8.12. The van der Waals surface area contributed by atoms with Gasteiger partial charge in [0, 0.05) is 44.6 Å². The van der Waals surface area contributed by atoms with Gasteiger partial charge in [-0.15, -0.1) is 0 Å². The molecule has 0 aromatic rings. The van der Waals surface area contributed by atoms with Crippen LogP contribution in [-0.2, 0) is 21.6 Å². The van der Waals surface area contributed by atoms with Crippen molar-refractivity contribution in [3.05, 3.63) is 0 Å². The Morgan fingerprint density at radius 3 is 1.33 bits per heavy atom. The second-order valence-corrected chi connectivity index (χ2v) is 6.09. The predicted molar refractivity (Wildman–Crippen MR) is 56.3 cm³/mol. The van der Waals surface area contributed by atoms with Crippen LogP contribution in [0.1, 0.15) is 26.7 Å². The van der Waals surface area contributed by atoms with E-state index in [4.69, 9.17) is 0 Å². The monoisotopic (exact) mass is 210 g/mol. The van der Waals surface area contributed by atoms with Crippen molar-refractivity contribution in [1.82, 2.24) is 0 Å².